The summed E-state index contributed by atoms with van der Waals surface area (Å²) in [6, 6.07) is 3.71. The number of halogens is 1. The molecule has 0 radical (unpaired) electrons. The smallest absolute Gasteiger partial charge is 0.128 e. The van der Waals surface area contributed by atoms with Gasteiger partial charge in [-0.3, -0.25) is 0 Å². The van der Waals surface area contributed by atoms with E-state index in [-0.39, 0.29) is 17.9 Å². The summed E-state index contributed by atoms with van der Waals surface area (Å²) in [4.78, 5) is 0. The summed E-state index contributed by atoms with van der Waals surface area (Å²) in [6.45, 7) is 1.14. The summed E-state index contributed by atoms with van der Waals surface area (Å²) in [7, 11) is 0. The fraction of sp³-hybridized carbons (Fsp3) is 0.429. The molecule has 62 valence electrons. The third-order valence-corrected chi connectivity index (χ3v) is 1.73. The molecule has 0 amide bonds. The molecule has 1 fully saturated rings. The average Bonchev–Trinajstić information content (AvgIpc) is 2.33. The van der Waals surface area contributed by atoms with Crippen molar-refractivity contribution >= 4 is 12.4 Å². The molecule has 1 aromatic heterocycles. The van der Waals surface area contributed by atoms with Gasteiger partial charge in [-0.25, -0.2) is 0 Å². The van der Waals surface area contributed by atoms with Crippen LogP contribution in [0.4, 0.5) is 0 Å². The van der Waals surface area contributed by atoms with Crippen LogP contribution in [0.15, 0.2) is 22.8 Å². The summed E-state index contributed by atoms with van der Waals surface area (Å²) < 4.78 is 10.1. The molecule has 2 N–H and O–H groups in total. The van der Waals surface area contributed by atoms with Crippen molar-refractivity contribution in [2.75, 3.05) is 13.2 Å². The molecule has 3 nitrogen and oxygen atoms in total. The summed E-state index contributed by atoms with van der Waals surface area (Å²) in [5, 5.41) is 0. The summed E-state index contributed by atoms with van der Waals surface area (Å²) in [6.07, 6.45) is 1.63. The van der Waals surface area contributed by atoms with E-state index in [4.69, 9.17) is 14.9 Å². The van der Waals surface area contributed by atoms with E-state index in [1.807, 2.05) is 12.1 Å². The van der Waals surface area contributed by atoms with Gasteiger partial charge in [0.25, 0.3) is 0 Å². The van der Waals surface area contributed by atoms with Gasteiger partial charge in [0.15, 0.2) is 0 Å². The normalized spacial score (nSPS) is 20.1. The highest BCUT2D eigenvalue weighted by molar-refractivity contribution is 5.85. The first-order chi connectivity index (χ1) is 4.81. The van der Waals surface area contributed by atoms with Crippen molar-refractivity contribution in [2.24, 2.45) is 5.73 Å². The first-order valence-corrected chi connectivity index (χ1v) is 3.22. The lowest BCUT2D eigenvalue weighted by molar-refractivity contribution is -0.0668. The number of rotatable bonds is 1. The molecule has 1 aliphatic heterocycles. The van der Waals surface area contributed by atoms with Crippen LogP contribution in [0.5, 0.6) is 0 Å². The minimum atomic E-state index is -0.344. The monoisotopic (exact) mass is 175 g/mol. The van der Waals surface area contributed by atoms with E-state index in [9.17, 15) is 0 Å². The molecule has 0 atom stereocenters. The number of hydrogen-bond donors (Lipinski definition) is 1. The Bertz CT molecular complexity index is 218. The van der Waals surface area contributed by atoms with Gasteiger partial charge in [-0.05, 0) is 12.1 Å². The van der Waals surface area contributed by atoms with Crippen LogP contribution >= 0.6 is 12.4 Å². The minimum Gasteiger partial charge on any atom is -0.467 e. The minimum absolute atomic E-state index is 0. The zero-order valence-corrected chi connectivity index (χ0v) is 6.76. The van der Waals surface area contributed by atoms with Crippen LogP contribution in [0.1, 0.15) is 5.76 Å². The van der Waals surface area contributed by atoms with Crippen molar-refractivity contribution in [3.8, 4) is 0 Å². The lowest BCUT2D eigenvalue weighted by Crippen LogP contribution is -2.54. The van der Waals surface area contributed by atoms with Gasteiger partial charge in [0.05, 0.1) is 19.5 Å². The zero-order chi connectivity index (χ0) is 7.03. The molecule has 0 aromatic carbocycles. The molecule has 4 heteroatoms. The predicted molar refractivity (Wildman–Crippen MR) is 42.6 cm³/mol. The number of hydrogen-bond acceptors (Lipinski definition) is 3. The predicted octanol–water partition coefficient (Wildman–Crippen LogP) is 0.886. The van der Waals surface area contributed by atoms with Crippen molar-refractivity contribution in [3.05, 3.63) is 24.2 Å². The fourth-order valence-electron chi connectivity index (χ4n) is 1.03. The van der Waals surface area contributed by atoms with Gasteiger partial charge < -0.3 is 14.9 Å². The largest absolute Gasteiger partial charge is 0.467 e. The van der Waals surface area contributed by atoms with E-state index < -0.39 is 0 Å². The first kappa shape index (κ1) is 8.59. The third-order valence-electron chi connectivity index (χ3n) is 1.73. The van der Waals surface area contributed by atoms with Crippen molar-refractivity contribution in [1.82, 2.24) is 0 Å². The molecule has 0 bridgehead atoms. The lowest BCUT2D eigenvalue weighted by Gasteiger charge is -2.35. The van der Waals surface area contributed by atoms with Gasteiger partial charge >= 0.3 is 0 Å². The second-order valence-electron chi connectivity index (χ2n) is 2.63. The van der Waals surface area contributed by atoms with Gasteiger partial charge in [0, 0.05) is 0 Å². The Balaban J connectivity index is 0.000000605. The van der Waals surface area contributed by atoms with Crippen LogP contribution in [0, 0.1) is 0 Å². The molecule has 0 aliphatic carbocycles. The molecule has 1 aliphatic rings. The highest BCUT2D eigenvalue weighted by Gasteiger charge is 2.38. The molecule has 1 aromatic rings. The Hall–Kier alpha value is -0.510. The Labute approximate surface area is 70.9 Å². The van der Waals surface area contributed by atoms with Crippen molar-refractivity contribution in [3.63, 3.8) is 0 Å². The highest BCUT2D eigenvalue weighted by atomic mass is 35.5. The lowest BCUT2D eigenvalue weighted by atomic mass is 9.96. The van der Waals surface area contributed by atoms with Crippen molar-refractivity contribution in [1.29, 1.82) is 0 Å². The van der Waals surface area contributed by atoms with Gasteiger partial charge in [-0.1, -0.05) is 0 Å². The third kappa shape index (κ3) is 1.27. The molecule has 2 rings (SSSR count). The number of furan rings is 1. The van der Waals surface area contributed by atoms with E-state index in [2.05, 4.69) is 0 Å². The van der Waals surface area contributed by atoms with E-state index >= 15 is 0 Å². The molecule has 0 unspecified atom stereocenters. The Morgan fingerprint density at radius 3 is 2.55 bits per heavy atom. The maximum atomic E-state index is 5.85. The van der Waals surface area contributed by atoms with E-state index in [1.54, 1.807) is 6.26 Å². The number of nitrogens with two attached hydrogens (primary N) is 1. The average molecular weight is 176 g/mol. The molecule has 11 heavy (non-hydrogen) atoms. The summed E-state index contributed by atoms with van der Waals surface area (Å²) >= 11 is 0. The Kier molecular flexibility index (Phi) is 2.23. The van der Waals surface area contributed by atoms with Gasteiger partial charge in [-0.2, -0.15) is 0 Å². The van der Waals surface area contributed by atoms with Crippen LogP contribution in [-0.2, 0) is 10.3 Å². The summed E-state index contributed by atoms with van der Waals surface area (Å²) in [5.41, 5.74) is 5.51. The Morgan fingerprint density at radius 1 is 1.45 bits per heavy atom. The van der Waals surface area contributed by atoms with Gasteiger partial charge in [0.1, 0.15) is 11.3 Å². The number of ether oxygens (including phenoxy) is 1. The maximum absolute atomic E-state index is 5.85. The van der Waals surface area contributed by atoms with E-state index in [0.717, 1.165) is 5.76 Å². The highest BCUT2D eigenvalue weighted by Crippen LogP contribution is 2.26. The van der Waals surface area contributed by atoms with Crippen LogP contribution in [0.25, 0.3) is 0 Å². The fourth-order valence-corrected chi connectivity index (χ4v) is 1.03. The molecule has 2 heterocycles. The van der Waals surface area contributed by atoms with Crippen molar-refractivity contribution in [2.45, 2.75) is 5.54 Å². The van der Waals surface area contributed by atoms with Crippen LogP contribution in [0.3, 0.4) is 0 Å². The van der Waals surface area contributed by atoms with Crippen molar-refractivity contribution < 1.29 is 9.15 Å². The topological polar surface area (TPSA) is 48.4 Å². The first-order valence-electron chi connectivity index (χ1n) is 3.22. The standard InChI is InChI=1S/C7H9NO2.ClH/c8-7(4-9-5-7)6-2-1-3-10-6;/h1-3H,4-5,8H2;1H. The van der Waals surface area contributed by atoms with Crippen LogP contribution in [-0.4, -0.2) is 13.2 Å². The SMILES string of the molecule is Cl.NC1(c2ccco2)COC1. The zero-order valence-electron chi connectivity index (χ0n) is 5.95. The quantitative estimate of drug-likeness (QED) is 0.690. The summed E-state index contributed by atoms with van der Waals surface area (Å²) in [5.74, 6) is 0.818. The van der Waals surface area contributed by atoms with Gasteiger partial charge in [-0.15, -0.1) is 12.4 Å². The Morgan fingerprint density at radius 2 is 2.18 bits per heavy atom. The van der Waals surface area contributed by atoms with Crippen LogP contribution in [0.2, 0.25) is 0 Å². The molecular weight excluding hydrogens is 166 g/mol. The molecule has 1 saturated heterocycles. The molecule has 0 saturated carbocycles. The van der Waals surface area contributed by atoms with E-state index in [1.165, 1.54) is 0 Å². The van der Waals surface area contributed by atoms with Crippen LogP contribution < -0.4 is 5.73 Å². The second kappa shape index (κ2) is 2.85. The molecular formula is C7H10ClNO2. The maximum Gasteiger partial charge on any atom is 0.128 e. The van der Waals surface area contributed by atoms with Gasteiger partial charge in [0.2, 0.25) is 0 Å². The molecule has 0 spiro atoms. The van der Waals surface area contributed by atoms with E-state index in [0.29, 0.717) is 13.2 Å². The second-order valence-corrected chi connectivity index (χ2v) is 2.63.